The van der Waals surface area contributed by atoms with Crippen molar-refractivity contribution in [2.24, 2.45) is 11.5 Å². The minimum atomic E-state index is -0.153. The number of unbranched alkanes of at least 4 members (excludes halogenated alkanes) is 34. The van der Waals surface area contributed by atoms with E-state index in [1.807, 2.05) is 0 Å². The zero-order chi connectivity index (χ0) is 37.4. The van der Waals surface area contributed by atoms with Gasteiger partial charge in [-0.3, -0.25) is 9.59 Å². The predicted molar refractivity (Wildman–Crippen MR) is 228 cm³/mol. The number of amides is 2. The van der Waals surface area contributed by atoms with Gasteiger partial charge in [-0.25, -0.2) is 0 Å². The van der Waals surface area contributed by atoms with Crippen LogP contribution < -0.4 is 11.5 Å². The lowest BCUT2D eigenvalue weighted by atomic mass is 9.99. The van der Waals surface area contributed by atoms with Crippen LogP contribution in [0, 0.1) is 0 Å². The smallest absolute Gasteiger partial charge is 0.217 e. The maximum Gasteiger partial charge on any atom is 0.217 e. The van der Waals surface area contributed by atoms with Crippen molar-refractivity contribution in [2.75, 3.05) is 0 Å². The fourth-order valence-corrected chi connectivity index (χ4v) is 7.85. The minimum Gasteiger partial charge on any atom is -0.370 e. The largest absolute Gasteiger partial charge is 0.370 e. The van der Waals surface area contributed by atoms with E-state index in [-0.39, 0.29) is 11.8 Å². The van der Waals surface area contributed by atoms with E-state index in [0.717, 1.165) is 25.7 Å². The Morgan fingerprint density at radius 2 is 0.500 bits per heavy atom. The van der Waals surface area contributed by atoms with E-state index in [1.54, 1.807) is 11.1 Å². The first-order valence-electron chi connectivity index (χ1n) is 23.2. The normalized spacial score (nSPS) is 11.4. The molecule has 1 aromatic carbocycles. The molecule has 52 heavy (non-hydrogen) atoms. The Hall–Kier alpha value is -1.84. The number of rotatable bonds is 42. The van der Waals surface area contributed by atoms with Crippen LogP contribution in [0.1, 0.15) is 255 Å². The first-order chi connectivity index (χ1) is 25.6. The third-order valence-electron chi connectivity index (χ3n) is 11.3. The summed E-state index contributed by atoms with van der Waals surface area (Å²) in [6, 6.07) is 9.48. The van der Waals surface area contributed by atoms with Crippen molar-refractivity contribution >= 4 is 11.8 Å². The van der Waals surface area contributed by atoms with Crippen molar-refractivity contribution < 1.29 is 9.59 Å². The molecule has 0 saturated heterocycles. The number of hydrogen-bond acceptors (Lipinski definition) is 2. The summed E-state index contributed by atoms with van der Waals surface area (Å²) in [5.41, 5.74) is 13.5. The van der Waals surface area contributed by atoms with Gasteiger partial charge in [0.15, 0.2) is 0 Å². The first kappa shape index (κ1) is 48.2. The number of carbonyl (C=O) groups is 2. The molecule has 0 bridgehead atoms. The number of carbonyl (C=O) groups excluding carboxylic acids is 2. The molecule has 0 aliphatic heterocycles. The molecule has 4 nitrogen and oxygen atoms in total. The third-order valence-corrected chi connectivity index (χ3v) is 11.3. The van der Waals surface area contributed by atoms with E-state index >= 15 is 0 Å². The summed E-state index contributed by atoms with van der Waals surface area (Å²) < 4.78 is 0. The van der Waals surface area contributed by atoms with Crippen LogP contribution in [0.2, 0.25) is 0 Å². The summed E-state index contributed by atoms with van der Waals surface area (Å²) in [6.45, 7) is 0. The number of aryl methyl sites for hydroxylation is 2. The molecule has 0 heterocycles. The molecular weight excluding hydrogens is 637 g/mol. The van der Waals surface area contributed by atoms with Crippen LogP contribution in [0.5, 0.6) is 0 Å². The highest BCUT2D eigenvalue weighted by Crippen LogP contribution is 2.18. The molecule has 302 valence electrons. The molecule has 4 N–H and O–H groups in total. The maximum atomic E-state index is 10.7. The van der Waals surface area contributed by atoms with Crippen LogP contribution in [0.25, 0.3) is 0 Å². The monoisotopic (exact) mass is 725 g/mol. The molecule has 1 aromatic rings. The lowest BCUT2D eigenvalue weighted by molar-refractivity contribution is -0.119. The maximum absolute atomic E-state index is 10.7. The summed E-state index contributed by atoms with van der Waals surface area (Å²) in [5.74, 6) is -0.306. The van der Waals surface area contributed by atoms with Gasteiger partial charge in [-0.1, -0.05) is 230 Å². The van der Waals surface area contributed by atoms with E-state index in [9.17, 15) is 9.59 Å². The van der Waals surface area contributed by atoms with E-state index in [1.165, 1.54) is 218 Å². The Morgan fingerprint density at radius 3 is 0.712 bits per heavy atom. The number of hydrogen-bond donors (Lipinski definition) is 2. The fourth-order valence-electron chi connectivity index (χ4n) is 7.85. The fraction of sp³-hybridized carbons (Fsp3) is 0.833. The standard InChI is InChI=1S/C48H88N2O2/c49-47(51)42-35-31-27-23-19-15-11-7-3-1-5-9-13-17-21-25-29-33-38-45-40-37-41-46(44-45)39-34-30-26-22-18-14-10-6-2-4-8-12-16-20-24-28-32-36-43-48(50)52/h37,40-41,44H,1-36,38-39,42-43H2,(H2,49,51)(H2,50,52). The first-order valence-corrected chi connectivity index (χ1v) is 23.2. The predicted octanol–water partition coefficient (Wildman–Crippen LogP) is 14.6. The van der Waals surface area contributed by atoms with Gasteiger partial charge in [0.2, 0.25) is 11.8 Å². The Balaban J connectivity index is 1.80. The molecule has 0 saturated carbocycles. The molecule has 0 aliphatic carbocycles. The number of nitrogens with two attached hydrogens (primary N) is 2. The number of benzene rings is 1. The molecule has 0 radical (unpaired) electrons. The molecular formula is C48H88N2O2. The average Bonchev–Trinajstić information content (AvgIpc) is 3.13. The zero-order valence-corrected chi connectivity index (χ0v) is 34.6. The lowest BCUT2D eigenvalue weighted by Gasteiger charge is -2.07. The zero-order valence-electron chi connectivity index (χ0n) is 34.6. The molecule has 2 amide bonds. The topological polar surface area (TPSA) is 86.2 Å². The Bertz CT molecular complexity index is 846. The van der Waals surface area contributed by atoms with Crippen LogP contribution in [0.15, 0.2) is 24.3 Å². The van der Waals surface area contributed by atoms with Crippen molar-refractivity contribution in [3.05, 3.63) is 35.4 Å². The Labute approximate surface area is 324 Å². The van der Waals surface area contributed by atoms with Gasteiger partial charge in [0.25, 0.3) is 0 Å². The Morgan fingerprint density at radius 1 is 0.308 bits per heavy atom. The summed E-state index contributed by atoms with van der Waals surface area (Å²) in [5, 5.41) is 0. The molecule has 0 unspecified atom stereocenters. The molecule has 4 heteroatoms. The van der Waals surface area contributed by atoms with Crippen molar-refractivity contribution in [1.82, 2.24) is 0 Å². The van der Waals surface area contributed by atoms with Gasteiger partial charge >= 0.3 is 0 Å². The summed E-state index contributed by atoms with van der Waals surface area (Å²) in [4.78, 5) is 21.5. The van der Waals surface area contributed by atoms with E-state index in [4.69, 9.17) is 11.5 Å². The second-order valence-corrected chi connectivity index (χ2v) is 16.5. The second kappa shape index (κ2) is 38.9. The summed E-state index contributed by atoms with van der Waals surface area (Å²) in [6.07, 6.45) is 52.5. The van der Waals surface area contributed by atoms with Crippen molar-refractivity contribution in [2.45, 2.75) is 257 Å². The highest BCUT2D eigenvalue weighted by atomic mass is 16.1. The van der Waals surface area contributed by atoms with E-state index in [0.29, 0.717) is 12.8 Å². The van der Waals surface area contributed by atoms with Crippen molar-refractivity contribution in [3.63, 3.8) is 0 Å². The van der Waals surface area contributed by atoms with Crippen LogP contribution in [-0.2, 0) is 22.4 Å². The second-order valence-electron chi connectivity index (χ2n) is 16.5. The van der Waals surface area contributed by atoms with Gasteiger partial charge in [-0.15, -0.1) is 0 Å². The molecule has 0 aliphatic rings. The van der Waals surface area contributed by atoms with Crippen LogP contribution >= 0.6 is 0 Å². The Kier molecular flexibility index (Phi) is 36.0. The van der Waals surface area contributed by atoms with Crippen molar-refractivity contribution in [3.8, 4) is 0 Å². The van der Waals surface area contributed by atoms with Gasteiger partial charge in [0.05, 0.1) is 0 Å². The molecule has 1 rings (SSSR count). The highest BCUT2D eigenvalue weighted by molar-refractivity contribution is 5.73. The van der Waals surface area contributed by atoms with Gasteiger partial charge < -0.3 is 11.5 Å². The molecule has 0 fully saturated rings. The van der Waals surface area contributed by atoms with Crippen LogP contribution in [0.4, 0.5) is 0 Å². The highest BCUT2D eigenvalue weighted by Gasteiger charge is 2.01. The lowest BCUT2D eigenvalue weighted by Crippen LogP contribution is -2.09. The third kappa shape index (κ3) is 36.5. The summed E-state index contributed by atoms with van der Waals surface area (Å²) >= 11 is 0. The average molecular weight is 725 g/mol. The van der Waals surface area contributed by atoms with E-state index in [2.05, 4.69) is 24.3 Å². The van der Waals surface area contributed by atoms with Crippen LogP contribution in [0.3, 0.4) is 0 Å². The molecule has 0 aromatic heterocycles. The van der Waals surface area contributed by atoms with Gasteiger partial charge in [0.1, 0.15) is 0 Å². The van der Waals surface area contributed by atoms with Gasteiger partial charge in [0, 0.05) is 12.8 Å². The van der Waals surface area contributed by atoms with Gasteiger partial charge in [-0.2, -0.15) is 0 Å². The van der Waals surface area contributed by atoms with Gasteiger partial charge in [-0.05, 0) is 49.7 Å². The molecule has 0 spiro atoms. The minimum absolute atomic E-state index is 0.153. The van der Waals surface area contributed by atoms with Crippen molar-refractivity contribution in [1.29, 1.82) is 0 Å². The van der Waals surface area contributed by atoms with E-state index < -0.39 is 0 Å². The summed E-state index contributed by atoms with van der Waals surface area (Å²) in [7, 11) is 0. The number of primary amides is 2. The quantitative estimate of drug-likeness (QED) is 0.0658. The SMILES string of the molecule is NC(=O)CCCCCCCCCCCCCCCCCCCCc1cccc(CCCCCCCCCCCCCCCCCCCCC(N)=O)c1. The van der Waals surface area contributed by atoms with Crippen LogP contribution in [-0.4, -0.2) is 11.8 Å². The molecule has 0 atom stereocenters.